The molecule has 7 nitrogen and oxygen atoms in total. The fourth-order valence-electron chi connectivity index (χ4n) is 1.67. The first kappa shape index (κ1) is 18.0. The molecule has 0 aliphatic heterocycles. The lowest BCUT2D eigenvalue weighted by Gasteiger charge is -2.10. The lowest BCUT2D eigenvalue weighted by molar-refractivity contribution is -0.274. The Morgan fingerprint density at radius 2 is 2.00 bits per heavy atom. The van der Waals surface area contributed by atoms with Crippen molar-refractivity contribution in [3.8, 4) is 5.75 Å². The van der Waals surface area contributed by atoms with Crippen molar-refractivity contribution in [2.75, 3.05) is 11.1 Å². The van der Waals surface area contributed by atoms with E-state index < -0.39 is 6.36 Å². The van der Waals surface area contributed by atoms with Crippen LogP contribution < -0.4 is 10.1 Å². The number of aromatic nitrogens is 4. The van der Waals surface area contributed by atoms with Crippen molar-refractivity contribution in [2.45, 2.75) is 31.4 Å². The summed E-state index contributed by atoms with van der Waals surface area (Å²) in [6, 6.07) is 4.95. The molecule has 11 heteroatoms. The van der Waals surface area contributed by atoms with E-state index in [1.54, 1.807) is 4.68 Å². The summed E-state index contributed by atoms with van der Waals surface area (Å²) in [5.41, 5.74) is 0.360. The minimum Gasteiger partial charge on any atom is -0.406 e. The second-order valence-corrected chi connectivity index (χ2v) is 5.85. The topological polar surface area (TPSA) is 81.9 Å². The van der Waals surface area contributed by atoms with Crippen LogP contribution in [-0.4, -0.2) is 38.2 Å². The molecule has 0 aliphatic carbocycles. The molecule has 24 heavy (non-hydrogen) atoms. The number of carbonyl (C=O) groups excluding carboxylic acids is 1. The summed E-state index contributed by atoms with van der Waals surface area (Å²) >= 11 is 1.16. The molecule has 0 radical (unpaired) electrons. The van der Waals surface area contributed by atoms with Crippen LogP contribution in [-0.2, 0) is 4.79 Å². The number of thioether (sulfide) groups is 1. The van der Waals surface area contributed by atoms with Crippen LogP contribution in [0.5, 0.6) is 5.75 Å². The first-order valence-corrected chi connectivity index (χ1v) is 7.79. The van der Waals surface area contributed by atoms with Crippen LogP contribution in [0.25, 0.3) is 0 Å². The number of nitrogens with zero attached hydrogens (tertiary/aromatic N) is 4. The van der Waals surface area contributed by atoms with E-state index in [-0.39, 0.29) is 23.5 Å². The van der Waals surface area contributed by atoms with Gasteiger partial charge in [-0.2, -0.15) is 0 Å². The minimum absolute atomic E-state index is 0.0618. The van der Waals surface area contributed by atoms with Gasteiger partial charge in [-0.3, -0.25) is 4.79 Å². The Balaban J connectivity index is 1.87. The van der Waals surface area contributed by atoms with Gasteiger partial charge < -0.3 is 10.1 Å². The lowest BCUT2D eigenvalue weighted by atomic mass is 10.3. The van der Waals surface area contributed by atoms with E-state index in [0.29, 0.717) is 10.8 Å². The lowest BCUT2D eigenvalue weighted by Crippen LogP contribution is -2.17. The van der Waals surface area contributed by atoms with Crippen LogP contribution in [0.2, 0.25) is 0 Å². The summed E-state index contributed by atoms with van der Waals surface area (Å²) in [4.78, 5) is 11.9. The molecule has 1 aromatic carbocycles. The van der Waals surface area contributed by atoms with Gasteiger partial charge in [-0.15, -0.1) is 18.3 Å². The van der Waals surface area contributed by atoms with E-state index in [9.17, 15) is 18.0 Å². The third-order valence-corrected chi connectivity index (χ3v) is 3.59. The van der Waals surface area contributed by atoms with Gasteiger partial charge >= 0.3 is 6.36 Å². The summed E-state index contributed by atoms with van der Waals surface area (Å²) in [6.45, 7) is 3.82. The molecule has 0 saturated carbocycles. The maximum Gasteiger partial charge on any atom is 0.573 e. The zero-order valence-electron chi connectivity index (χ0n) is 12.7. The van der Waals surface area contributed by atoms with Gasteiger partial charge in [0.1, 0.15) is 5.75 Å². The van der Waals surface area contributed by atoms with Crippen molar-refractivity contribution in [1.29, 1.82) is 0 Å². The molecule has 1 N–H and O–H groups in total. The largest absolute Gasteiger partial charge is 0.573 e. The van der Waals surface area contributed by atoms with Crippen molar-refractivity contribution < 1.29 is 22.7 Å². The third-order valence-electron chi connectivity index (χ3n) is 2.66. The zero-order chi connectivity index (χ0) is 17.7. The zero-order valence-corrected chi connectivity index (χ0v) is 13.6. The smallest absolute Gasteiger partial charge is 0.406 e. The average molecular weight is 361 g/mol. The first-order valence-electron chi connectivity index (χ1n) is 6.81. The summed E-state index contributed by atoms with van der Waals surface area (Å²) in [7, 11) is 0. The predicted molar refractivity (Wildman–Crippen MR) is 80.7 cm³/mol. The van der Waals surface area contributed by atoms with Crippen LogP contribution in [0.3, 0.4) is 0 Å². The van der Waals surface area contributed by atoms with Crippen LogP contribution in [0, 0.1) is 0 Å². The second kappa shape index (κ2) is 7.51. The molecule has 0 aliphatic rings. The first-order chi connectivity index (χ1) is 11.2. The van der Waals surface area contributed by atoms with E-state index >= 15 is 0 Å². The Labute approximate surface area is 139 Å². The van der Waals surface area contributed by atoms with Gasteiger partial charge in [0, 0.05) is 5.69 Å². The van der Waals surface area contributed by atoms with Gasteiger partial charge in [0.25, 0.3) is 0 Å². The van der Waals surface area contributed by atoms with Crippen molar-refractivity contribution in [3.63, 3.8) is 0 Å². The fraction of sp³-hybridized carbons (Fsp3) is 0.385. The molecule has 130 valence electrons. The SMILES string of the molecule is CC(C)n1nnnc1SCC(=O)Nc1ccc(OC(F)(F)F)cc1. The second-order valence-electron chi connectivity index (χ2n) is 4.91. The Hall–Kier alpha value is -2.30. The molecule has 0 spiro atoms. The highest BCUT2D eigenvalue weighted by Crippen LogP contribution is 2.24. The number of ether oxygens (including phenoxy) is 1. The highest BCUT2D eigenvalue weighted by Gasteiger charge is 2.30. The van der Waals surface area contributed by atoms with E-state index in [0.717, 1.165) is 23.9 Å². The normalized spacial score (nSPS) is 11.6. The number of anilines is 1. The van der Waals surface area contributed by atoms with Gasteiger partial charge in [0.15, 0.2) is 0 Å². The molecular formula is C13H14F3N5O2S. The monoisotopic (exact) mass is 361 g/mol. The Bertz CT molecular complexity index is 688. The number of alkyl halides is 3. The molecule has 0 atom stereocenters. The molecule has 0 unspecified atom stereocenters. The summed E-state index contributed by atoms with van der Waals surface area (Å²) in [6.07, 6.45) is -4.75. The molecule has 1 heterocycles. The average Bonchev–Trinajstić information content (AvgIpc) is 2.94. The molecule has 0 fully saturated rings. The number of hydrogen-bond acceptors (Lipinski definition) is 6. The standard InChI is InChI=1S/C13H14F3N5O2S/c1-8(2)21-12(18-19-20-21)24-7-11(22)17-9-3-5-10(6-4-9)23-13(14,15)16/h3-6,8H,7H2,1-2H3,(H,17,22). The number of hydrogen-bond donors (Lipinski definition) is 1. The van der Waals surface area contributed by atoms with Crippen LogP contribution >= 0.6 is 11.8 Å². The number of nitrogens with one attached hydrogen (secondary N) is 1. The van der Waals surface area contributed by atoms with Gasteiger partial charge in [-0.05, 0) is 48.5 Å². The minimum atomic E-state index is -4.75. The highest BCUT2D eigenvalue weighted by molar-refractivity contribution is 7.99. The number of halogens is 3. The molecular weight excluding hydrogens is 347 g/mol. The van der Waals surface area contributed by atoms with E-state index in [1.807, 2.05) is 13.8 Å². The van der Waals surface area contributed by atoms with Crippen molar-refractivity contribution in [3.05, 3.63) is 24.3 Å². The molecule has 1 amide bonds. The Morgan fingerprint density at radius 3 is 2.58 bits per heavy atom. The van der Waals surface area contributed by atoms with E-state index in [1.165, 1.54) is 12.1 Å². The summed E-state index contributed by atoms with van der Waals surface area (Å²) in [5, 5.41) is 14.3. The maximum atomic E-state index is 12.1. The van der Waals surface area contributed by atoms with Crippen LogP contribution in [0.15, 0.2) is 29.4 Å². The van der Waals surface area contributed by atoms with Gasteiger partial charge in [0.05, 0.1) is 11.8 Å². The third kappa shape index (κ3) is 5.41. The quantitative estimate of drug-likeness (QED) is 0.797. The van der Waals surface area contributed by atoms with Gasteiger partial charge in [0.2, 0.25) is 11.1 Å². The summed E-state index contributed by atoms with van der Waals surface area (Å²) < 4.78 is 41.5. The van der Waals surface area contributed by atoms with Crippen molar-refractivity contribution in [1.82, 2.24) is 20.2 Å². The molecule has 1 aromatic heterocycles. The molecule has 2 aromatic rings. The van der Waals surface area contributed by atoms with Gasteiger partial charge in [-0.1, -0.05) is 11.8 Å². The predicted octanol–water partition coefficient (Wildman–Crippen LogP) is 2.88. The highest BCUT2D eigenvalue weighted by atomic mass is 32.2. The van der Waals surface area contributed by atoms with E-state index in [4.69, 9.17) is 0 Å². The summed E-state index contributed by atoms with van der Waals surface area (Å²) in [5.74, 6) is -0.623. The Morgan fingerprint density at radius 1 is 1.33 bits per heavy atom. The molecule has 0 saturated heterocycles. The fourth-order valence-corrected chi connectivity index (χ4v) is 2.48. The number of benzene rings is 1. The van der Waals surface area contributed by atoms with Crippen molar-refractivity contribution in [2.24, 2.45) is 0 Å². The number of rotatable bonds is 6. The Kier molecular flexibility index (Phi) is 5.65. The maximum absolute atomic E-state index is 12.1. The van der Waals surface area contributed by atoms with Gasteiger partial charge in [-0.25, -0.2) is 4.68 Å². The molecule has 2 rings (SSSR count). The number of carbonyl (C=O) groups is 1. The number of amides is 1. The van der Waals surface area contributed by atoms with E-state index in [2.05, 4.69) is 25.6 Å². The molecule has 0 bridgehead atoms. The number of tetrazole rings is 1. The van der Waals surface area contributed by atoms with Crippen LogP contribution in [0.4, 0.5) is 18.9 Å². The van der Waals surface area contributed by atoms with Crippen molar-refractivity contribution >= 4 is 23.4 Å². The van der Waals surface area contributed by atoms with Crippen LogP contribution in [0.1, 0.15) is 19.9 Å².